The van der Waals surface area contributed by atoms with Gasteiger partial charge in [-0.1, -0.05) is 18.0 Å². The molecule has 166 valence electrons. The second kappa shape index (κ2) is 9.15. The Bertz CT molecular complexity index is 853. The van der Waals surface area contributed by atoms with Crippen molar-refractivity contribution < 1.29 is 13.2 Å². The van der Waals surface area contributed by atoms with E-state index in [0.29, 0.717) is 43.4 Å². The number of hydrogen-bond acceptors (Lipinski definition) is 4. The molecular formula is C22H32ClN3O3S. The summed E-state index contributed by atoms with van der Waals surface area (Å²) in [7, 11) is -3.55. The van der Waals surface area contributed by atoms with Crippen LogP contribution in [0.25, 0.3) is 0 Å². The lowest BCUT2D eigenvalue weighted by molar-refractivity contribution is -0.123. The van der Waals surface area contributed by atoms with Gasteiger partial charge in [0.1, 0.15) is 0 Å². The van der Waals surface area contributed by atoms with E-state index in [1.54, 1.807) is 12.1 Å². The predicted octanol–water partition coefficient (Wildman–Crippen LogP) is 3.02. The van der Waals surface area contributed by atoms with Gasteiger partial charge in [0.05, 0.1) is 11.4 Å². The minimum Gasteiger partial charge on any atom is -0.352 e. The number of sulfonamides is 1. The Hall–Kier alpha value is -1.15. The van der Waals surface area contributed by atoms with Crippen LogP contribution in [0.2, 0.25) is 5.02 Å². The molecule has 3 fully saturated rings. The summed E-state index contributed by atoms with van der Waals surface area (Å²) in [6.07, 6.45) is 6.72. The maximum atomic E-state index is 12.5. The number of nitrogens with zero attached hydrogens (tertiary/aromatic N) is 1. The molecule has 1 amide bonds. The second-order valence-corrected chi connectivity index (χ2v) is 11.5. The van der Waals surface area contributed by atoms with E-state index in [4.69, 9.17) is 11.6 Å². The van der Waals surface area contributed by atoms with Crippen LogP contribution in [0.4, 0.5) is 0 Å². The Morgan fingerprint density at radius 2 is 1.83 bits per heavy atom. The number of rotatable bonds is 7. The summed E-state index contributed by atoms with van der Waals surface area (Å²) in [5.41, 5.74) is 0. The monoisotopic (exact) mass is 453 g/mol. The minimum absolute atomic E-state index is 0.0884. The van der Waals surface area contributed by atoms with E-state index in [1.807, 2.05) is 0 Å². The fraction of sp³-hybridized carbons (Fsp3) is 0.682. The highest BCUT2D eigenvalue weighted by atomic mass is 35.5. The molecule has 30 heavy (non-hydrogen) atoms. The first-order valence-electron chi connectivity index (χ1n) is 11.1. The van der Waals surface area contributed by atoms with Gasteiger partial charge in [0.15, 0.2) is 0 Å². The van der Waals surface area contributed by atoms with Gasteiger partial charge in [-0.2, -0.15) is 0 Å². The van der Waals surface area contributed by atoms with Crippen LogP contribution in [0, 0.1) is 17.8 Å². The third-order valence-electron chi connectivity index (χ3n) is 7.22. The fourth-order valence-corrected chi connectivity index (χ4v) is 7.06. The maximum Gasteiger partial charge on any atom is 0.240 e. The van der Waals surface area contributed by atoms with Crippen molar-refractivity contribution in [1.82, 2.24) is 14.9 Å². The Morgan fingerprint density at radius 3 is 2.43 bits per heavy atom. The van der Waals surface area contributed by atoms with Crippen LogP contribution in [-0.2, 0) is 14.8 Å². The second-order valence-electron chi connectivity index (χ2n) is 9.32. The van der Waals surface area contributed by atoms with Crippen molar-refractivity contribution >= 4 is 27.5 Å². The summed E-state index contributed by atoms with van der Waals surface area (Å²) in [4.78, 5) is 14.9. The topological polar surface area (TPSA) is 78.5 Å². The van der Waals surface area contributed by atoms with Crippen LogP contribution in [0.1, 0.15) is 45.4 Å². The van der Waals surface area contributed by atoms with Gasteiger partial charge in [-0.25, -0.2) is 13.1 Å². The van der Waals surface area contributed by atoms with Gasteiger partial charge in [0, 0.05) is 30.2 Å². The number of hydrogen-bond donors (Lipinski definition) is 2. The van der Waals surface area contributed by atoms with Gasteiger partial charge in [-0.05, 0) is 81.0 Å². The number of likely N-dealkylation sites (tertiary alicyclic amines) is 1. The third-order valence-corrected chi connectivity index (χ3v) is 9.01. The molecule has 1 aromatic carbocycles. The molecule has 2 aliphatic carbocycles. The first-order valence-corrected chi connectivity index (χ1v) is 13.0. The summed E-state index contributed by atoms with van der Waals surface area (Å²) in [6, 6.07) is 6.32. The largest absolute Gasteiger partial charge is 0.352 e. The predicted molar refractivity (Wildman–Crippen MR) is 118 cm³/mol. The van der Waals surface area contributed by atoms with Crippen molar-refractivity contribution in [3.63, 3.8) is 0 Å². The highest BCUT2D eigenvalue weighted by molar-refractivity contribution is 7.89. The summed E-state index contributed by atoms with van der Waals surface area (Å²) < 4.78 is 27.9. The number of piperidine rings is 1. The zero-order chi connectivity index (χ0) is 21.3. The average molecular weight is 454 g/mol. The molecule has 4 atom stereocenters. The molecule has 0 unspecified atom stereocenters. The quantitative estimate of drug-likeness (QED) is 0.665. The number of carbonyl (C=O) groups excluding carboxylic acids is 1. The Morgan fingerprint density at radius 1 is 1.13 bits per heavy atom. The lowest BCUT2D eigenvalue weighted by Gasteiger charge is -2.33. The van der Waals surface area contributed by atoms with Crippen molar-refractivity contribution in [1.29, 1.82) is 0 Å². The average Bonchev–Trinajstić information content (AvgIpc) is 3.33. The van der Waals surface area contributed by atoms with E-state index >= 15 is 0 Å². The number of nitrogens with one attached hydrogen (secondary N) is 2. The molecule has 0 radical (unpaired) electrons. The number of fused-ring (bicyclic) bond motifs is 2. The molecule has 2 saturated carbocycles. The van der Waals surface area contributed by atoms with Crippen molar-refractivity contribution in [2.24, 2.45) is 17.8 Å². The zero-order valence-electron chi connectivity index (χ0n) is 17.5. The van der Waals surface area contributed by atoms with E-state index in [1.165, 1.54) is 37.8 Å². The number of benzene rings is 1. The SMILES string of the molecule is C[C@H](NC(=O)CN1CCC(NS(=O)(=O)c2ccc(Cl)cc2)CC1)[C@H]1C[C@H]2CC[C@H]1C2. The summed E-state index contributed by atoms with van der Waals surface area (Å²) in [5.74, 6) is 2.41. The molecular weight excluding hydrogens is 422 g/mol. The number of carbonyl (C=O) groups is 1. The van der Waals surface area contributed by atoms with Crippen LogP contribution in [0.5, 0.6) is 0 Å². The first kappa shape index (κ1) is 22.1. The van der Waals surface area contributed by atoms with Crippen LogP contribution in [0.15, 0.2) is 29.2 Å². The summed E-state index contributed by atoms with van der Waals surface area (Å²) in [5, 5.41) is 3.74. The van der Waals surface area contributed by atoms with Gasteiger partial charge in [0.2, 0.25) is 15.9 Å². The van der Waals surface area contributed by atoms with E-state index in [9.17, 15) is 13.2 Å². The Labute approximate surface area is 184 Å². The first-order chi connectivity index (χ1) is 14.3. The van der Waals surface area contributed by atoms with Gasteiger partial charge < -0.3 is 5.32 Å². The molecule has 1 aliphatic heterocycles. The van der Waals surface area contributed by atoms with Gasteiger partial charge in [-0.15, -0.1) is 0 Å². The Kier molecular flexibility index (Phi) is 6.73. The van der Waals surface area contributed by atoms with Crippen molar-refractivity contribution in [3.8, 4) is 0 Å². The molecule has 1 saturated heterocycles. The standard InChI is InChI=1S/C22H32ClN3O3S/c1-15(21-13-16-2-3-17(21)12-16)24-22(27)14-26-10-8-19(9-11-26)25-30(28,29)20-6-4-18(23)5-7-20/h4-7,15-17,19,21,25H,2-3,8-14H2,1H3,(H,24,27)/t15-,16-,17-,21+/m0/s1. The molecule has 1 aromatic rings. The highest BCUT2D eigenvalue weighted by Gasteiger charge is 2.42. The Balaban J connectivity index is 1.20. The van der Waals surface area contributed by atoms with Gasteiger partial charge in [-0.3, -0.25) is 9.69 Å². The number of amides is 1. The molecule has 8 heteroatoms. The molecule has 0 spiro atoms. The zero-order valence-corrected chi connectivity index (χ0v) is 19.1. The lowest BCUT2D eigenvalue weighted by atomic mass is 9.84. The highest BCUT2D eigenvalue weighted by Crippen LogP contribution is 2.49. The van der Waals surface area contributed by atoms with E-state index in [2.05, 4.69) is 21.9 Å². The van der Waals surface area contributed by atoms with E-state index < -0.39 is 10.0 Å². The van der Waals surface area contributed by atoms with Gasteiger partial charge in [0.25, 0.3) is 0 Å². The van der Waals surface area contributed by atoms with Crippen molar-refractivity contribution in [2.45, 2.75) is 62.4 Å². The van der Waals surface area contributed by atoms with Crippen LogP contribution in [0.3, 0.4) is 0 Å². The molecule has 1 heterocycles. The van der Waals surface area contributed by atoms with Crippen LogP contribution >= 0.6 is 11.6 Å². The molecule has 0 aromatic heterocycles. The molecule has 2 N–H and O–H groups in total. The van der Waals surface area contributed by atoms with Crippen LogP contribution in [-0.4, -0.2) is 50.9 Å². The molecule has 4 rings (SSSR count). The number of halogens is 1. The van der Waals surface area contributed by atoms with Crippen molar-refractivity contribution in [2.75, 3.05) is 19.6 Å². The normalized spacial score (nSPS) is 28.5. The van der Waals surface area contributed by atoms with E-state index in [0.717, 1.165) is 11.8 Å². The van der Waals surface area contributed by atoms with E-state index in [-0.39, 0.29) is 22.9 Å². The smallest absolute Gasteiger partial charge is 0.240 e. The third kappa shape index (κ3) is 5.18. The fourth-order valence-electron chi connectivity index (χ4n) is 5.63. The summed E-state index contributed by atoms with van der Waals surface area (Å²) in [6.45, 7) is 3.97. The minimum atomic E-state index is -3.55. The lowest BCUT2D eigenvalue weighted by Crippen LogP contribution is -2.49. The van der Waals surface area contributed by atoms with Gasteiger partial charge >= 0.3 is 0 Å². The summed E-state index contributed by atoms with van der Waals surface area (Å²) >= 11 is 5.84. The maximum absolute atomic E-state index is 12.5. The van der Waals surface area contributed by atoms with Crippen LogP contribution < -0.4 is 10.0 Å². The molecule has 2 bridgehead atoms. The molecule has 3 aliphatic rings. The van der Waals surface area contributed by atoms with Crippen molar-refractivity contribution in [3.05, 3.63) is 29.3 Å². The molecule has 6 nitrogen and oxygen atoms in total.